The van der Waals surface area contributed by atoms with E-state index in [2.05, 4.69) is 4.72 Å². The van der Waals surface area contributed by atoms with E-state index in [1.54, 1.807) is 31.2 Å². The molecule has 0 unspecified atom stereocenters. The lowest BCUT2D eigenvalue weighted by molar-refractivity contribution is -0.384. The Morgan fingerprint density at radius 1 is 1.10 bits per heavy atom. The summed E-state index contributed by atoms with van der Waals surface area (Å²) in [6, 6.07) is 9.62. The molecule has 0 amide bonds. The number of nitrogens with zero attached hydrogens (tertiary/aromatic N) is 1. The second-order valence-electron chi connectivity index (χ2n) is 6.75. The number of benzene rings is 2. The predicted molar refractivity (Wildman–Crippen MR) is 110 cm³/mol. The number of nitro groups is 1. The number of nitro benzene ring substituents is 1. The van der Waals surface area contributed by atoms with Crippen LogP contribution in [-0.4, -0.2) is 45.5 Å². The second-order valence-corrected chi connectivity index (χ2v) is 8.46. The van der Waals surface area contributed by atoms with Gasteiger partial charge >= 0.3 is 11.9 Å². The van der Waals surface area contributed by atoms with E-state index in [1.165, 1.54) is 7.11 Å². The fourth-order valence-corrected chi connectivity index (χ4v) is 4.23. The number of ether oxygens (including phenoxy) is 2. The van der Waals surface area contributed by atoms with Gasteiger partial charge in [-0.15, -0.1) is 0 Å². The summed E-state index contributed by atoms with van der Waals surface area (Å²) in [6.45, 7) is 1.66. The van der Waals surface area contributed by atoms with Crippen LogP contribution in [0.4, 0.5) is 5.69 Å². The molecular weight excluding hydrogens is 428 g/mol. The number of methoxy groups -OCH3 is 2. The van der Waals surface area contributed by atoms with Crippen molar-refractivity contribution in [2.75, 3.05) is 14.2 Å². The van der Waals surface area contributed by atoms with Gasteiger partial charge in [-0.25, -0.2) is 13.2 Å². The second kappa shape index (κ2) is 10.1. The van der Waals surface area contributed by atoms with Crippen molar-refractivity contribution in [3.8, 4) is 0 Å². The lowest BCUT2D eigenvalue weighted by Gasteiger charge is -2.23. The Morgan fingerprint density at radius 2 is 1.74 bits per heavy atom. The van der Waals surface area contributed by atoms with Crippen LogP contribution in [0.25, 0.3) is 0 Å². The molecule has 166 valence electrons. The van der Waals surface area contributed by atoms with Gasteiger partial charge in [-0.3, -0.25) is 14.9 Å². The zero-order valence-corrected chi connectivity index (χ0v) is 17.9. The quantitative estimate of drug-likeness (QED) is 0.348. The molecule has 0 fully saturated rings. The molecule has 0 bridgehead atoms. The summed E-state index contributed by atoms with van der Waals surface area (Å²) < 4.78 is 37.2. The number of nitrogens with one attached hydrogen (secondary N) is 1. The van der Waals surface area contributed by atoms with Crippen LogP contribution < -0.4 is 4.72 Å². The van der Waals surface area contributed by atoms with E-state index >= 15 is 0 Å². The topological polar surface area (TPSA) is 142 Å². The molecule has 0 spiro atoms. The Kier molecular flexibility index (Phi) is 7.83. The molecule has 2 aromatic rings. The average Bonchev–Trinajstić information content (AvgIpc) is 2.76. The Balaban J connectivity index is 2.25. The zero-order chi connectivity index (χ0) is 23.2. The number of carbonyl (C=O) groups is 2. The van der Waals surface area contributed by atoms with Gasteiger partial charge in [0.15, 0.2) is 0 Å². The zero-order valence-electron chi connectivity index (χ0n) is 17.1. The third-order valence-electron chi connectivity index (χ3n) is 4.57. The van der Waals surface area contributed by atoms with Crippen molar-refractivity contribution >= 4 is 27.6 Å². The first-order chi connectivity index (χ1) is 14.6. The average molecular weight is 450 g/mol. The highest BCUT2D eigenvalue weighted by Crippen LogP contribution is 2.20. The Bertz CT molecular complexity index is 1070. The highest BCUT2D eigenvalue weighted by molar-refractivity contribution is 7.89. The van der Waals surface area contributed by atoms with Crippen LogP contribution >= 0.6 is 0 Å². The minimum Gasteiger partial charge on any atom is -0.468 e. The van der Waals surface area contributed by atoms with Crippen LogP contribution in [0.15, 0.2) is 53.4 Å². The Morgan fingerprint density at radius 3 is 2.29 bits per heavy atom. The van der Waals surface area contributed by atoms with Gasteiger partial charge in [0.05, 0.1) is 29.6 Å². The van der Waals surface area contributed by atoms with Crippen molar-refractivity contribution in [1.29, 1.82) is 0 Å². The third-order valence-corrected chi connectivity index (χ3v) is 6.03. The molecule has 2 atom stereocenters. The fraction of sp³-hybridized carbons (Fsp3) is 0.300. The van der Waals surface area contributed by atoms with E-state index in [-0.39, 0.29) is 17.0 Å². The van der Waals surface area contributed by atoms with Gasteiger partial charge in [-0.05, 0) is 42.2 Å². The number of hydrogen-bond donors (Lipinski definition) is 1. The van der Waals surface area contributed by atoms with Crippen LogP contribution in [0.2, 0.25) is 0 Å². The summed E-state index contributed by atoms with van der Waals surface area (Å²) in [5.41, 5.74) is 0.759. The maximum atomic E-state index is 12.7. The number of carbonyl (C=O) groups excluding carboxylic acids is 2. The molecular formula is C20H22N2O8S. The van der Waals surface area contributed by atoms with Crippen molar-refractivity contribution in [2.45, 2.75) is 24.3 Å². The largest absolute Gasteiger partial charge is 0.468 e. The van der Waals surface area contributed by atoms with E-state index in [9.17, 15) is 28.1 Å². The number of non-ortho nitro benzene ring substituents is 1. The summed E-state index contributed by atoms with van der Waals surface area (Å²) in [7, 11) is -1.77. The minimum absolute atomic E-state index is 0.230. The van der Waals surface area contributed by atoms with Crippen molar-refractivity contribution in [2.24, 2.45) is 5.92 Å². The van der Waals surface area contributed by atoms with Gasteiger partial charge in [0, 0.05) is 12.1 Å². The molecule has 31 heavy (non-hydrogen) atoms. The van der Waals surface area contributed by atoms with E-state index in [1.807, 2.05) is 0 Å². The monoisotopic (exact) mass is 450 g/mol. The number of sulfonamides is 1. The van der Waals surface area contributed by atoms with Crippen LogP contribution in [0, 0.1) is 16.0 Å². The van der Waals surface area contributed by atoms with E-state index in [0.717, 1.165) is 31.4 Å². The summed E-state index contributed by atoms with van der Waals surface area (Å²) in [5.74, 6) is -1.85. The molecule has 0 aromatic heterocycles. The van der Waals surface area contributed by atoms with Gasteiger partial charge in [0.25, 0.3) is 5.69 Å². The summed E-state index contributed by atoms with van der Waals surface area (Å²) in [4.78, 5) is 33.9. The van der Waals surface area contributed by atoms with Gasteiger partial charge in [0.2, 0.25) is 10.0 Å². The lowest BCUT2D eigenvalue weighted by Crippen LogP contribution is -2.46. The molecule has 2 aromatic carbocycles. The third kappa shape index (κ3) is 6.09. The molecule has 10 nitrogen and oxygen atoms in total. The molecule has 1 N–H and O–H groups in total. The molecule has 0 heterocycles. The van der Waals surface area contributed by atoms with Gasteiger partial charge < -0.3 is 9.47 Å². The first-order valence-corrected chi connectivity index (χ1v) is 10.6. The standard InChI is InChI=1S/C20H22N2O8S/c1-13(11-14-5-4-6-15(12-14)19(23)29-2)18(20(24)30-3)21-31(27,28)17-9-7-16(8-10-17)22(25)26/h4-10,12-13,18,21H,11H2,1-3H3/t13-,18-/m0/s1. The number of rotatable bonds is 9. The molecule has 2 rings (SSSR count). The van der Waals surface area contributed by atoms with E-state index in [4.69, 9.17) is 9.47 Å². The highest BCUT2D eigenvalue weighted by Gasteiger charge is 2.31. The molecule has 0 aliphatic carbocycles. The predicted octanol–water partition coefficient (Wildman–Crippen LogP) is 2.08. The normalized spacial score (nSPS) is 13.1. The first kappa shape index (κ1) is 24.0. The van der Waals surface area contributed by atoms with Crippen molar-refractivity contribution in [1.82, 2.24) is 4.72 Å². The summed E-state index contributed by atoms with van der Waals surface area (Å²) in [5, 5.41) is 10.8. The SMILES string of the molecule is COC(=O)c1cccc(C[C@H](C)[C@H](NS(=O)(=O)c2ccc([N+](=O)[O-])cc2)C(=O)OC)c1. The van der Waals surface area contributed by atoms with Crippen molar-refractivity contribution in [3.05, 3.63) is 69.8 Å². The number of hydrogen-bond acceptors (Lipinski definition) is 8. The molecule has 0 saturated heterocycles. The molecule has 0 radical (unpaired) electrons. The smallest absolute Gasteiger partial charge is 0.337 e. The van der Waals surface area contributed by atoms with Crippen LogP contribution in [-0.2, 0) is 30.7 Å². The Hall–Kier alpha value is -3.31. The van der Waals surface area contributed by atoms with Gasteiger partial charge in [0.1, 0.15) is 6.04 Å². The van der Waals surface area contributed by atoms with Crippen LogP contribution in [0.5, 0.6) is 0 Å². The van der Waals surface area contributed by atoms with Gasteiger partial charge in [-0.1, -0.05) is 19.1 Å². The lowest BCUT2D eigenvalue weighted by atomic mass is 9.93. The molecule has 0 aliphatic rings. The summed E-state index contributed by atoms with van der Waals surface area (Å²) >= 11 is 0. The van der Waals surface area contributed by atoms with Crippen LogP contribution in [0.1, 0.15) is 22.8 Å². The van der Waals surface area contributed by atoms with E-state index < -0.39 is 38.8 Å². The van der Waals surface area contributed by atoms with Crippen molar-refractivity contribution in [3.63, 3.8) is 0 Å². The first-order valence-electron chi connectivity index (χ1n) is 9.11. The molecule has 0 aliphatic heterocycles. The van der Waals surface area contributed by atoms with Crippen LogP contribution in [0.3, 0.4) is 0 Å². The highest BCUT2D eigenvalue weighted by atomic mass is 32.2. The molecule has 11 heteroatoms. The molecule has 0 saturated carbocycles. The Labute approximate surface area is 179 Å². The van der Waals surface area contributed by atoms with Crippen molar-refractivity contribution < 1.29 is 32.4 Å². The maximum Gasteiger partial charge on any atom is 0.337 e. The summed E-state index contributed by atoms with van der Waals surface area (Å²) in [6.07, 6.45) is 0.257. The van der Waals surface area contributed by atoms with Gasteiger partial charge in [-0.2, -0.15) is 4.72 Å². The number of esters is 2. The van der Waals surface area contributed by atoms with E-state index in [0.29, 0.717) is 11.1 Å². The maximum absolute atomic E-state index is 12.7. The fourth-order valence-electron chi connectivity index (χ4n) is 2.94. The minimum atomic E-state index is -4.17.